The highest BCUT2D eigenvalue weighted by molar-refractivity contribution is 7.89. The average molecular weight is 422 g/mol. The van der Waals surface area contributed by atoms with E-state index in [-0.39, 0.29) is 23.1 Å². The first-order valence-corrected chi connectivity index (χ1v) is 11.0. The molecule has 1 atom stereocenters. The molecule has 0 bridgehead atoms. The Morgan fingerprint density at radius 3 is 2.69 bits per heavy atom. The van der Waals surface area contributed by atoms with Crippen LogP contribution in [0.5, 0.6) is 0 Å². The molecule has 0 aliphatic carbocycles. The van der Waals surface area contributed by atoms with Crippen LogP contribution in [0.1, 0.15) is 35.4 Å². The van der Waals surface area contributed by atoms with E-state index in [4.69, 9.17) is 9.26 Å². The zero-order valence-electron chi connectivity index (χ0n) is 17.0. The maximum Gasteiger partial charge on any atom is 0.248 e. The summed E-state index contributed by atoms with van der Waals surface area (Å²) in [7, 11) is -2.12. The molecule has 29 heavy (non-hydrogen) atoms. The van der Waals surface area contributed by atoms with Crippen molar-refractivity contribution in [3.05, 3.63) is 46.8 Å². The van der Waals surface area contributed by atoms with E-state index >= 15 is 0 Å². The number of hydrogen-bond donors (Lipinski definition) is 1. The Balaban J connectivity index is 1.67. The molecule has 1 aliphatic rings. The molecular weight excluding hydrogens is 394 g/mol. The Bertz CT molecular complexity index is 951. The van der Waals surface area contributed by atoms with Crippen molar-refractivity contribution in [2.75, 3.05) is 20.2 Å². The predicted octanol–water partition coefficient (Wildman–Crippen LogP) is 2.15. The number of sulfonamides is 1. The molecule has 1 aromatic heterocycles. The van der Waals surface area contributed by atoms with Gasteiger partial charge in [-0.05, 0) is 37.8 Å². The van der Waals surface area contributed by atoms with E-state index in [1.165, 1.54) is 4.31 Å². The van der Waals surface area contributed by atoms with Crippen LogP contribution in [0, 0.1) is 19.8 Å². The fraction of sp³-hybridized carbons (Fsp3) is 0.500. The van der Waals surface area contributed by atoms with Gasteiger partial charge in [-0.3, -0.25) is 4.79 Å². The van der Waals surface area contributed by atoms with Crippen molar-refractivity contribution in [2.24, 2.45) is 5.92 Å². The van der Waals surface area contributed by atoms with Gasteiger partial charge in [-0.15, -0.1) is 0 Å². The average Bonchev–Trinajstić information content (AvgIpc) is 3.06. The van der Waals surface area contributed by atoms with Gasteiger partial charge in [0, 0.05) is 26.7 Å². The van der Waals surface area contributed by atoms with Gasteiger partial charge in [0.2, 0.25) is 15.9 Å². The quantitative estimate of drug-likeness (QED) is 0.735. The molecule has 0 saturated carbocycles. The lowest BCUT2D eigenvalue weighted by atomic mass is 9.98. The van der Waals surface area contributed by atoms with Crippen molar-refractivity contribution in [3.8, 4) is 0 Å². The molecular formula is C20H27N3O5S. The monoisotopic (exact) mass is 421 g/mol. The van der Waals surface area contributed by atoms with Crippen LogP contribution < -0.4 is 5.32 Å². The van der Waals surface area contributed by atoms with Crippen LogP contribution >= 0.6 is 0 Å². The maximum absolute atomic E-state index is 13.0. The van der Waals surface area contributed by atoms with Gasteiger partial charge < -0.3 is 14.6 Å². The number of aromatic nitrogens is 1. The first-order chi connectivity index (χ1) is 13.8. The molecule has 1 amide bonds. The lowest BCUT2D eigenvalue weighted by molar-refractivity contribution is -0.126. The van der Waals surface area contributed by atoms with Gasteiger partial charge in [-0.2, -0.15) is 4.31 Å². The standard InChI is InChI=1S/C20H27N3O5S/c1-14-19(15(2)28-22-14)29(25,26)23-10-6-9-17(12-23)20(24)21-11-16-7-4-5-8-18(16)13-27-3/h4-5,7-8,17H,6,9-13H2,1-3H3,(H,21,24). The smallest absolute Gasteiger partial charge is 0.248 e. The molecule has 1 unspecified atom stereocenters. The topological polar surface area (TPSA) is 102 Å². The number of piperidine rings is 1. The Labute approximate surface area is 171 Å². The van der Waals surface area contributed by atoms with Gasteiger partial charge in [0.15, 0.2) is 5.76 Å². The van der Waals surface area contributed by atoms with Crippen molar-refractivity contribution in [2.45, 2.75) is 44.7 Å². The molecule has 1 aliphatic heterocycles. The third kappa shape index (κ3) is 4.68. The predicted molar refractivity (Wildman–Crippen MR) is 106 cm³/mol. The highest BCUT2D eigenvalue weighted by Gasteiger charge is 2.36. The molecule has 3 rings (SSSR count). The van der Waals surface area contributed by atoms with Crippen molar-refractivity contribution in [1.29, 1.82) is 0 Å². The maximum atomic E-state index is 13.0. The van der Waals surface area contributed by atoms with Gasteiger partial charge in [0.05, 0.1) is 12.5 Å². The third-order valence-electron chi connectivity index (χ3n) is 5.19. The Kier molecular flexibility index (Phi) is 6.71. The number of benzene rings is 1. The number of ether oxygens (including phenoxy) is 1. The minimum Gasteiger partial charge on any atom is -0.380 e. The van der Waals surface area contributed by atoms with Crippen LogP contribution in [0.2, 0.25) is 0 Å². The molecule has 1 saturated heterocycles. The fourth-order valence-electron chi connectivity index (χ4n) is 3.70. The first kappa shape index (κ1) is 21.5. The molecule has 2 heterocycles. The van der Waals surface area contributed by atoms with Gasteiger partial charge >= 0.3 is 0 Å². The molecule has 8 nitrogen and oxygen atoms in total. The number of aryl methyl sites for hydroxylation is 2. The summed E-state index contributed by atoms with van der Waals surface area (Å²) in [5, 5.41) is 6.70. The summed E-state index contributed by atoms with van der Waals surface area (Å²) < 4.78 is 37.7. The molecule has 2 aromatic rings. The second kappa shape index (κ2) is 9.06. The van der Waals surface area contributed by atoms with Crippen LogP contribution in [0.15, 0.2) is 33.7 Å². The Hall–Kier alpha value is -2.23. The number of rotatable bonds is 7. The zero-order chi connectivity index (χ0) is 21.0. The molecule has 0 radical (unpaired) electrons. The molecule has 0 spiro atoms. The van der Waals surface area contributed by atoms with Crippen molar-refractivity contribution in [3.63, 3.8) is 0 Å². The summed E-state index contributed by atoms with van der Waals surface area (Å²) in [5.74, 6) is -0.270. The summed E-state index contributed by atoms with van der Waals surface area (Å²) >= 11 is 0. The molecule has 1 fully saturated rings. The van der Waals surface area contributed by atoms with Crippen LogP contribution in [-0.2, 0) is 32.7 Å². The number of carbonyl (C=O) groups is 1. The van der Waals surface area contributed by atoms with Crippen LogP contribution in [0.25, 0.3) is 0 Å². The number of amides is 1. The summed E-state index contributed by atoms with van der Waals surface area (Å²) in [6, 6.07) is 7.75. The zero-order valence-corrected chi connectivity index (χ0v) is 17.8. The van der Waals surface area contributed by atoms with Crippen molar-refractivity contribution in [1.82, 2.24) is 14.8 Å². The van der Waals surface area contributed by atoms with E-state index in [1.54, 1.807) is 21.0 Å². The SMILES string of the molecule is COCc1ccccc1CNC(=O)C1CCCN(S(=O)(=O)c2c(C)noc2C)C1. The summed E-state index contributed by atoms with van der Waals surface area (Å²) in [5.41, 5.74) is 2.34. The van der Waals surface area contributed by atoms with Crippen molar-refractivity contribution >= 4 is 15.9 Å². The molecule has 9 heteroatoms. The minimum absolute atomic E-state index is 0.104. The Morgan fingerprint density at radius 1 is 1.31 bits per heavy atom. The van der Waals surface area contributed by atoms with E-state index in [9.17, 15) is 13.2 Å². The largest absolute Gasteiger partial charge is 0.380 e. The summed E-state index contributed by atoms with van der Waals surface area (Å²) in [4.78, 5) is 12.8. The third-order valence-corrected chi connectivity index (χ3v) is 7.30. The van der Waals surface area contributed by atoms with E-state index in [2.05, 4.69) is 10.5 Å². The normalized spacial score (nSPS) is 18.0. The second-order valence-electron chi connectivity index (χ2n) is 7.28. The summed E-state index contributed by atoms with van der Waals surface area (Å²) in [6.45, 7) is 4.57. The van der Waals surface area contributed by atoms with Gasteiger partial charge in [-0.25, -0.2) is 8.42 Å². The van der Waals surface area contributed by atoms with Crippen molar-refractivity contribution < 1.29 is 22.5 Å². The number of methoxy groups -OCH3 is 1. The number of carbonyl (C=O) groups excluding carboxylic acids is 1. The lowest BCUT2D eigenvalue weighted by Gasteiger charge is -2.31. The summed E-state index contributed by atoms with van der Waals surface area (Å²) in [6.07, 6.45) is 1.28. The van der Waals surface area contributed by atoms with E-state index in [0.717, 1.165) is 11.1 Å². The highest BCUT2D eigenvalue weighted by Crippen LogP contribution is 2.27. The number of nitrogens with zero attached hydrogens (tertiary/aromatic N) is 2. The van der Waals surface area contributed by atoms with Gasteiger partial charge in [0.25, 0.3) is 0 Å². The van der Waals surface area contributed by atoms with Crippen LogP contribution in [0.3, 0.4) is 0 Å². The van der Waals surface area contributed by atoms with Crippen LogP contribution in [0.4, 0.5) is 0 Å². The van der Waals surface area contributed by atoms with E-state index < -0.39 is 15.9 Å². The number of nitrogens with one attached hydrogen (secondary N) is 1. The Morgan fingerprint density at radius 2 is 2.03 bits per heavy atom. The minimum atomic E-state index is -3.75. The van der Waals surface area contributed by atoms with Crippen LogP contribution in [-0.4, -0.2) is 44.0 Å². The number of hydrogen-bond acceptors (Lipinski definition) is 6. The van der Waals surface area contributed by atoms with E-state index in [1.807, 2.05) is 24.3 Å². The van der Waals surface area contributed by atoms with Gasteiger partial charge in [0.1, 0.15) is 10.6 Å². The molecule has 1 aromatic carbocycles. The molecule has 158 valence electrons. The first-order valence-electron chi connectivity index (χ1n) is 9.61. The lowest BCUT2D eigenvalue weighted by Crippen LogP contribution is -2.45. The van der Waals surface area contributed by atoms with E-state index in [0.29, 0.717) is 38.2 Å². The molecule has 1 N–H and O–H groups in total. The fourth-order valence-corrected chi connectivity index (χ4v) is 5.51. The second-order valence-corrected chi connectivity index (χ2v) is 9.15. The highest BCUT2D eigenvalue weighted by atomic mass is 32.2. The van der Waals surface area contributed by atoms with Gasteiger partial charge in [-0.1, -0.05) is 29.4 Å².